The summed E-state index contributed by atoms with van der Waals surface area (Å²) in [6.45, 7) is 3.74. The Morgan fingerprint density at radius 2 is 2.00 bits per heavy atom. The average Bonchev–Trinajstić information content (AvgIpc) is 3.21. The van der Waals surface area contributed by atoms with E-state index in [1.807, 2.05) is 12.1 Å². The van der Waals surface area contributed by atoms with Gasteiger partial charge in [0.05, 0.1) is 16.8 Å². The van der Waals surface area contributed by atoms with E-state index >= 15 is 0 Å². The van der Waals surface area contributed by atoms with Crippen LogP contribution in [0.25, 0.3) is 22.2 Å². The molecule has 150 valence electrons. The summed E-state index contributed by atoms with van der Waals surface area (Å²) in [7, 11) is 0. The lowest BCUT2D eigenvalue weighted by Crippen LogP contribution is -2.26. The molecule has 1 aliphatic heterocycles. The lowest BCUT2D eigenvalue weighted by Gasteiger charge is -2.17. The van der Waals surface area contributed by atoms with Crippen LogP contribution >= 0.6 is 0 Å². The molecule has 6 nitrogen and oxygen atoms in total. The van der Waals surface area contributed by atoms with Crippen molar-refractivity contribution >= 4 is 22.5 Å². The van der Waals surface area contributed by atoms with Crippen molar-refractivity contribution in [1.82, 2.24) is 9.88 Å². The number of aromatic hydroxyl groups is 1. The largest absolute Gasteiger partial charge is 0.508 e. The molecule has 0 unspecified atom stereocenters. The number of fused-ring (bicyclic) bond motifs is 1. The van der Waals surface area contributed by atoms with Crippen LogP contribution in [0.1, 0.15) is 23.2 Å². The summed E-state index contributed by atoms with van der Waals surface area (Å²) in [5.74, 6) is -1.17. The zero-order chi connectivity index (χ0) is 20.4. The molecule has 0 atom stereocenters. The summed E-state index contributed by atoms with van der Waals surface area (Å²) in [6.07, 6.45) is 2.43. The quantitative estimate of drug-likeness (QED) is 0.596. The highest BCUT2D eigenvalue weighted by molar-refractivity contribution is 6.08. The predicted octanol–water partition coefficient (Wildman–Crippen LogP) is 3.35. The van der Waals surface area contributed by atoms with Crippen LogP contribution in [0.2, 0.25) is 0 Å². The molecule has 1 saturated heterocycles. The Balaban J connectivity index is 1.78. The maximum atomic E-state index is 14.2. The molecule has 0 saturated carbocycles. The molecule has 0 bridgehead atoms. The van der Waals surface area contributed by atoms with Gasteiger partial charge in [-0.15, -0.1) is 0 Å². The van der Waals surface area contributed by atoms with Gasteiger partial charge in [0, 0.05) is 29.7 Å². The molecule has 2 heterocycles. The number of carbonyl (C=O) groups is 1. The van der Waals surface area contributed by atoms with Gasteiger partial charge >= 0.3 is 0 Å². The van der Waals surface area contributed by atoms with Gasteiger partial charge in [-0.1, -0.05) is 12.1 Å². The van der Waals surface area contributed by atoms with E-state index in [2.05, 4.69) is 15.2 Å². The number of nitrogens with two attached hydrogens (primary N) is 1. The van der Waals surface area contributed by atoms with Gasteiger partial charge in [0.25, 0.3) is 5.91 Å². The molecular weight excluding hydrogens is 371 g/mol. The van der Waals surface area contributed by atoms with Gasteiger partial charge < -0.3 is 21.1 Å². The van der Waals surface area contributed by atoms with Crippen molar-refractivity contribution < 1.29 is 14.3 Å². The normalized spacial score (nSPS) is 14.4. The van der Waals surface area contributed by atoms with Gasteiger partial charge in [0.1, 0.15) is 11.6 Å². The third-order valence-electron chi connectivity index (χ3n) is 5.23. The molecule has 1 amide bonds. The topological polar surface area (TPSA) is 91.5 Å². The van der Waals surface area contributed by atoms with Crippen LogP contribution in [0.15, 0.2) is 42.5 Å². The zero-order valence-electron chi connectivity index (χ0n) is 16.0. The fourth-order valence-electron chi connectivity index (χ4n) is 3.79. The number of amides is 1. The Morgan fingerprint density at radius 1 is 1.21 bits per heavy atom. The number of benzene rings is 2. The molecule has 7 heteroatoms. The zero-order valence-corrected chi connectivity index (χ0v) is 16.0. The maximum Gasteiger partial charge on any atom is 0.251 e. The number of phenolic OH excluding ortho intramolecular Hbond substituents is 1. The van der Waals surface area contributed by atoms with Gasteiger partial charge in [-0.3, -0.25) is 4.79 Å². The van der Waals surface area contributed by atoms with E-state index in [0.717, 1.165) is 25.7 Å². The Bertz CT molecular complexity index is 1060. The van der Waals surface area contributed by atoms with E-state index in [9.17, 15) is 14.3 Å². The summed E-state index contributed by atoms with van der Waals surface area (Å²) < 4.78 is 14.2. The summed E-state index contributed by atoms with van der Waals surface area (Å²) in [5, 5.41) is 13.7. The second kappa shape index (κ2) is 8.05. The number of nitrogens with zero attached hydrogens (tertiary/aromatic N) is 2. The van der Waals surface area contributed by atoms with E-state index in [1.165, 1.54) is 18.9 Å². The fraction of sp³-hybridized carbons (Fsp3) is 0.273. The second-order valence-electron chi connectivity index (χ2n) is 7.29. The third-order valence-corrected chi connectivity index (χ3v) is 5.23. The van der Waals surface area contributed by atoms with Crippen LogP contribution in [0.5, 0.6) is 5.75 Å². The lowest BCUT2D eigenvalue weighted by molar-refractivity contribution is 0.100. The highest BCUT2D eigenvalue weighted by Gasteiger charge is 2.17. The summed E-state index contributed by atoms with van der Waals surface area (Å²) in [5.41, 5.74) is 7.78. The number of nitrogens with one attached hydrogen (secondary N) is 1. The summed E-state index contributed by atoms with van der Waals surface area (Å²) in [6, 6.07) is 11.0. The number of aromatic nitrogens is 1. The van der Waals surface area contributed by atoms with Crippen molar-refractivity contribution in [2.45, 2.75) is 12.8 Å². The minimum absolute atomic E-state index is 0.0320. The van der Waals surface area contributed by atoms with Crippen LogP contribution < -0.4 is 11.1 Å². The summed E-state index contributed by atoms with van der Waals surface area (Å²) >= 11 is 0. The first-order valence-corrected chi connectivity index (χ1v) is 9.71. The number of rotatable bonds is 6. The standard InChI is InChI=1S/C22H23FN4O2/c23-15-11-17-20(25-6-9-27-7-1-2-8-27)13-19(14-4-3-5-16(28)10-14)26-21(17)18(12-15)22(24)29/h3-5,10-13,28H,1-2,6-9H2,(H2,24,29)(H,25,26). The van der Waals surface area contributed by atoms with Crippen molar-refractivity contribution in [3.8, 4) is 17.0 Å². The van der Waals surface area contributed by atoms with Gasteiger partial charge in [0.2, 0.25) is 0 Å². The van der Waals surface area contributed by atoms with Crippen LogP contribution in [0.4, 0.5) is 10.1 Å². The molecule has 1 aliphatic rings. The fourth-order valence-corrected chi connectivity index (χ4v) is 3.79. The number of primary amides is 1. The lowest BCUT2D eigenvalue weighted by atomic mass is 10.0. The minimum Gasteiger partial charge on any atom is -0.508 e. The van der Waals surface area contributed by atoms with Crippen molar-refractivity contribution in [1.29, 1.82) is 0 Å². The molecular formula is C22H23FN4O2. The Kier molecular flexibility index (Phi) is 5.31. The molecule has 0 spiro atoms. The van der Waals surface area contributed by atoms with Crippen LogP contribution in [-0.4, -0.2) is 47.1 Å². The number of phenols is 1. The minimum atomic E-state index is -0.738. The van der Waals surface area contributed by atoms with Crippen LogP contribution in [-0.2, 0) is 0 Å². The van der Waals surface area contributed by atoms with Crippen molar-refractivity contribution in [2.24, 2.45) is 5.73 Å². The first-order chi connectivity index (χ1) is 14.0. The maximum absolute atomic E-state index is 14.2. The molecule has 0 radical (unpaired) electrons. The van der Waals surface area contributed by atoms with Crippen molar-refractivity contribution in [2.75, 3.05) is 31.5 Å². The van der Waals surface area contributed by atoms with Crippen LogP contribution in [0.3, 0.4) is 0 Å². The van der Waals surface area contributed by atoms with Gasteiger partial charge in [0.15, 0.2) is 0 Å². The van der Waals surface area contributed by atoms with Gasteiger partial charge in [-0.2, -0.15) is 0 Å². The molecule has 1 aromatic heterocycles. The Morgan fingerprint density at radius 3 is 2.72 bits per heavy atom. The number of likely N-dealkylation sites (tertiary alicyclic amines) is 1. The SMILES string of the molecule is NC(=O)c1cc(F)cc2c(NCCN3CCCC3)cc(-c3cccc(O)c3)nc12. The Hall–Kier alpha value is -3.19. The van der Waals surface area contributed by atoms with Crippen molar-refractivity contribution in [3.05, 3.63) is 53.8 Å². The van der Waals surface area contributed by atoms with Crippen LogP contribution in [0, 0.1) is 5.82 Å². The number of halogens is 1. The van der Waals surface area contributed by atoms with E-state index in [4.69, 9.17) is 5.73 Å². The molecule has 3 aromatic rings. The molecule has 4 N–H and O–H groups in total. The second-order valence-corrected chi connectivity index (χ2v) is 7.29. The predicted molar refractivity (Wildman–Crippen MR) is 111 cm³/mol. The average molecular weight is 394 g/mol. The van der Waals surface area contributed by atoms with E-state index in [1.54, 1.807) is 18.2 Å². The molecule has 29 heavy (non-hydrogen) atoms. The molecule has 0 aliphatic carbocycles. The first-order valence-electron chi connectivity index (χ1n) is 9.71. The molecule has 1 fully saturated rings. The van der Waals surface area contributed by atoms with Crippen molar-refractivity contribution in [3.63, 3.8) is 0 Å². The highest BCUT2D eigenvalue weighted by atomic mass is 19.1. The number of anilines is 1. The first kappa shape index (κ1) is 19.1. The van der Waals surface area contributed by atoms with Gasteiger partial charge in [-0.25, -0.2) is 9.37 Å². The highest BCUT2D eigenvalue weighted by Crippen LogP contribution is 2.32. The molecule has 4 rings (SSSR count). The van der Waals surface area contributed by atoms with E-state index < -0.39 is 11.7 Å². The number of carbonyl (C=O) groups excluding carboxylic acids is 1. The van der Waals surface area contributed by atoms with E-state index in [0.29, 0.717) is 34.4 Å². The summed E-state index contributed by atoms with van der Waals surface area (Å²) in [4.78, 5) is 18.9. The van der Waals surface area contributed by atoms with E-state index in [-0.39, 0.29) is 11.3 Å². The van der Waals surface area contributed by atoms with Gasteiger partial charge in [-0.05, 0) is 56.3 Å². The Labute approximate surface area is 168 Å². The number of hydrogen-bond acceptors (Lipinski definition) is 5. The number of hydrogen-bond donors (Lipinski definition) is 3. The third kappa shape index (κ3) is 4.14. The monoisotopic (exact) mass is 394 g/mol. The smallest absolute Gasteiger partial charge is 0.251 e. The number of pyridine rings is 1. The molecule has 2 aromatic carbocycles.